The Hall–Kier alpha value is -3.41. The normalized spacial score (nSPS) is 42.6. The summed E-state index contributed by atoms with van der Waals surface area (Å²) in [6.07, 6.45) is 18.2. The molecule has 0 radical (unpaired) electrons. The topological polar surface area (TPSA) is 162 Å². The lowest BCUT2D eigenvalue weighted by atomic mass is 9.51. The van der Waals surface area contributed by atoms with Gasteiger partial charge in [0.1, 0.15) is 24.3 Å². The summed E-state index contributed by atoms with van der Waals surface area (Å²) in [6, 6.07) is 0. The number of tetrazole rings is 2. The fourth-order valence-electron chi connectivity index (χ4n) is 15.1. The van der Waals surface area contributed by atoms with E-state index < -0.39 is 17.6 Å². The van der Waals surface area contributed by atoms with E-state index in [0.717, 1.165) is 69.8 Å². The van der Waals surface area contributed by atoms with Crippen LogP contribution in [-0.2, 0) is 22.7 Å². The number of rotatable bonds is 7. The Kier molecular flexibility index (Phi) is 11.2. The lowest BCUT2D eigenvalue weighted by Crippen LogP contribution is -2.50. The summed E-state index contributed by atoms with van der Waals surface area (Å²) in [4.78, 5) is 28.9. The van der Waals surface area contributed by atoms with Crippen LogP contribution in [-0.4, -0.2) is 79.8 Å². The van der Waals surface area contributed by atoms with Gasteiger partial charge in [0, 0.05) is 30.1 Å². The number of halogens is 3. The van der Waals surface area contributed by atoms with Crippen molar-refractivity contribution in [2.45, 2.75) is 147 Å². The van der Waals surface area contributed by atoms with Gasteiger partial charge in [0.2, 0.25) is 0 Å². The summed E-state index contributed by atoms with van der Waals surface area (Å²) in [5.74, 6) is 7.67. The minimum Gasteiger partial charge on any atom is -0.384 e. The van der Waals surface area contributed by atoms with E-state index >= 15 is 0 Å². The molecule has 60 heavy (non-hydrogen) atoms. The molecule has 0 unspecified atom stereocenters. The fraction of sp³-hybridized carbons (Fsp3) is 0.778. The molecule has 8 aliphatic rings. The molecule has 14 atom stereocenters. The lowest BCUT2D eigenvalue weighted by molar-refractivity contribution is -0.131. The summed E-state index contributed by atoms with van der Waals surface area (Å²) in [6.45, 7) is 5.05. The molecular weight excluding hydrogens is 790 g/mol. The van der Waals surface area contributed by atoms with Gasteiger partial charge in [-0.15, -0.1) is 20.4 Å². The zero-order chi connectivity index (χ0) is 42.0. The van der Waals surface area contributed by atoms with Gasteiger partial charge >= 0.3 is 0 Å². The van der Waals surface area contributed by atoms with Gasteiger partial charge in [0.15, 0.2) is 24.2 Å². The molecule has 2 heterocycles. The number of Topliss-reactive ketones (excluding diaryl/α,β-unsaturated/α-hetero) is 2. The van der Waals surface area contributed by atoms with Gasteiger partial charge < -0.3 is 10.2 Å². The SMILES string of the molecule is C[C@]12CC[C@H]3[C@@H](CC=C4C[C@@](O)(C#CCl)CC[C@@H]43)[C@@H]1CC[C@@H]2C(=O)Cn1ncnn1.C[C@]12CC[C@H]3[C@@H](CC=C4C[C@@](O)(C(F)F)CC[C@@H]43)[C@@H]1CC[C@@H]2C(=O)Cn1ncnn1. The summed E-state index contributed by atoms with van der Waals surface area (Å²) in [7, 11) is 0. The number of nitrogens with zero attached hydrogens (tertiary/aromatic N) is 8. The first-order chi connectivity index (χ1) is 28.7. The Balaban J connectivity index is 0.000000154. The third-order valence-electron chi connectivity index (χ3n) is 17.9. The highest BCUT2D eigenvalue weighted by molar-refractivity contribution is 6.30. The Labute approximate surface area is 355 Å². The van der Waals surface area contributed by atoms with E-state index in [9.17, 15) is 28.6 Å². The Morgan fingerprint density at radius 1 is 0.733 bits per heavy atom. The number of carbonyl (C=O) groups excluding carboxylic acids is 2. The summed E-state index contributed by atoms with van der Waals surface area (Å²) in [5, 5.41) is 46.6. The molecule has 0 saturated heterocycles. The lowest BCUT2D eigenvalue weighted by Gasteiger charge is -2.54. The van der Waals surface area contributed by atoms with Crippen molar-refractivity contribution in [2.24, 2.45) is 70.0 Å². The predicted octanol–water partition coefficient (Wildman–Crippen LogP) is 6.79. The Morgan fingerprint density at radius 3 is 1.70 bits per heavy atom. The van der Waals surface area contributed by atoms with Gasteiger partial charge in [0.25, 0.3) is 6.43 Å². The number of aliphatic hydroxyl groups is 2. The van der Waals surface area contributed by atoms with Crippen molar-refractivity contribution in [2.75, 3.05) is 0 Å². The highest BCUT2D eigenvalue weighted by atomic mass is 35.5. The average Bonchev–Trinajstić information content (AvgIpc) is 4.05. The molecule has 0 bridgehead atoms. The number of hydrogen-bond donors (Lipinski definition) is 2. The number of alkyl halides is 2. The van der Waals surface area contributed by atoms with Crippen molar-refractivity contribution in [3.8, 4) is 11.3 Å². The van der Waals surface area contributed by atoms with E-state index in [1.165, 1.54) is 34.2 Å². The third-order valence-corrected chi connectivity index (χ3v) is 18.0. The van der Waals surface area contributed by atoms with E-state index in [2.05, 4.69) is 68.1 Å². The monoisotopic (exact) mass is 848 g/mol. The molecular formula is C45H59ClF2N8O4. The summed E-state index contributed by atoms with van der Waals surface area (Å²) in [5.41, 5.74) is -0.307. The fourth-order valence-corrected chi connectivity index (χ4v) is 15.2. The van der Waals surface area contributed by atoms with Crippen molar-refractivity contribution < 1.29 is 28.6 Å². The molecule has 0 spiro atoms. The summed E-state index contributed by atoms with van der Waals surface area (Å²) < 4.78 is 26.7. The van der Waals surface area contributed by atoms with E-state index in [1.807, 2.05) is 0 Å². The van der Waals surface area contributed by atoms with Gasteiger partial charge in [-0.1, -0.05) is 43.1 Å². The number of aromatic nitrogens is 8. The molecule has 12 nitrogen and oxygen atoms in total. The first-order valence-electron chi connectivity index (χ1n) is 22.5. The molecule has 2 N–H and O–H groups in total. The van der Waals surface area contributed by atoms with Crippen molar-refractivity contribution in [1.29, 1.82) is 0 Å². The second-order valence-corrected chi connectivity index (χ2v) is 20.6. The van der Waals surface area contributed by atoms with E-state index in [1.54, 1.807) is 0 Å². The molecule has 6 saturated carbocycles. The maximum Gasteiger partial charge on any atom is 0.267 e. The molecule has 10 rings (SSSR count). The van der Waals surface area contributed by atoms with Crippen molar-refractivity contribution in [3.05, 3.63) is 36.0 Å². The number of carbonyl (C=O) groups is 2. The van der Waals surface area contributed by atoms with Crippen molar-refractivity contribution >= 4 is 23.2 Å². The molecule has 0 aromatic carbocycles. The largest absolute Gasteiger partial charge is 0.384 e. The predicted molar refractivity (Wildman–Crippen MR) is 216 cm³/mol. The van der Waals surface area contributed by atoms with E-state index in [0.29, 0.717) is 66.6 Å². The maximum atomic E-state index is 13.4. The molecule has 324 valence electrons. The Bertz CT molecular complexity index is 2050. The van der Waals surface area contributed by atoms with Crippen LogP contribution in [0.2, 0.25) is 0 Å². The van der Waals surface area contributed by atoms with Crippen LogP contribution in [0.4, 0.5) is 8.78 Å². The maximum absolute atomic E-state index is 13.4. The van der Waals surface area contributed by atoms with Crippen LogP contribution in [0, 0.1) is 81.3 Å². The molecule has 0 aliphatic heterocycles. The quantitative estimate of drug-likeness (QED) is 0.224. The highest BCUT2D eigenvalue weighted by Crippen LogP contribution is 2.65. The van der Waals surface area contributed by atoms with E-state index in [4.69, 9.17) is 11.6 Å². The van der Waals surface area contributed by atoms with Gasteiger partial charge in [-0.2, -0.15) is 9.59 Å². The zero-order valence-electron chi connectivity index (χ0n) is 34.8. The van der Waals surface area contributed by atoms with Crippen LogP contribution >= 0.6 is 11.6 Å². The standard InChI is InChI=1S/C23H29ClN4O2.C22H30F2N4O2/c1-22-8-6-17-16-7-9-23(30,10-11-24)12-15(16)2-3-18(17)19(22)4-5-20(22)21(29)13-28-26-14-25-27-28;1-21-8-6-15-14-7-9-22(30,20(23)24)10-13(14)2-3-16(15)17(21)4-5-18(21)19(29)11-28-26-12-25-27-28/h2,14,16-20,30H,3-9,12-13H2,1H3;2,12,14-18,20,30H,3-11H2,1H3/t16-,17+,18+,19-,20+,22-,23-;14-,15+,16+,17-,18+,21-,22+/m00/s1. The van der Waals surface area contributed by atoms with Crippen LogP contribution in [0.5, 0.6) is 0 Å². The molecule has 2 aromatic rings. The minimum absolute atomic E-state index is 0.0114. The van der Waals surface area contributed by atoms with Gasteiger partial charge in [0.05, 0.1) is 0 Å². The second kappa shape index (κ2) is 16.1. The number of ketones is 2. The van der Waals surface area contributed by atoms with Gasteiger partial charge in [-0.05, 0) is 170 Å². The second-order valence-electron chi connectivity index (χ2n) is 20.4. The molecule has 15 heteroatoms. The smallest absolute Gasteiger partial charge is 0.267 e. The van der Waals surface area contributed by atoms with Gasteiger partial charge in [-0.25, -0.2) is 8.78 Å². The first-order valence-corrected chi connectivity index (χ1v) is 22.8. The molecule has 2 aromatic heterocycles. The van der Waals surface area contributed by atoms with Gasteiger partial charge in [-0.3, -0.25) is 9.59 Å². The third kappa shape index (κ3) is 7.30. The van der Waals surface area contributed by atoms with Crippen molar-refractivity contribution in [3.63, 3.8) is 0 Å². The van der Waals surface area contributed by atoms with Crippen LogP contribution in [0.25, 0.3) is 0 Å². The van der Waals surface area contributed by atoms with Crippen LogP contribution in [0.3, 0.4) is 0 Å². The summed E-state index contributed by atoms with van der Waals surface area (Å²) >= 11 is 5.59. The minimum atomic E-state index is -2.69. The highest BCUT2D eigenvalue weighted by Gasteiger charge is 2.60. The zero-order valence-corrected chi connectivity index (χ0v) is 35.6. The van der Waals surface area contributed by atoms with E-state index in [-0.39, 0.29) is 60.2 Å². The average molecular weight is 849 g/mol. The Morgan fingerprint density at radius 2 is 1.23 bits per heavy atom. The molecule has 6 fully saturated rings. The van der Waals surface area contributed by atoms with Crippen LogP contribution in [0.15, 0.2) is 36.0 Å². The first kappa shape index (κ1) is 41.9. The van der Waals surface area contributed by atoms with Crippen LogP contribution < -0.4 is 0 Å². The molecule has 0 amide bonds. The number of hydrogen-bond acceptors (Lipinski definition) is 10. The molecule has 8 aliphatic carbocycles. The number of allylic oxidation sites excluding steroid dienone is 2. The van der Waals surface area contributed by atoms with Crippen LogP contribution in [0.1, 0.15) is 117 Å². The van der Waals surface area contributed by atoms with Crippen molar-refractivity contribution in [1.82, 2.24) is 40.4 Å². The number of fused-ring (bicyclic) bond motifs is 10.